The topological polar surface area (TPSA) is 54.9 Å². The predicted molar refractivity (Wildman–Crippen MR) is 119 cm³/mol. The van der Waals surface area contributed by atoms with Crippen LogP contribution in [0.1, 0.15) is 10.4 Å². The molecule has 0 amide bonds. The van der Waals surface area contributed by atoms with Crippen molar-refractivity contribution in [1.29, 1.82) is 0 Å². The first-order valence-electron chi connectivity index (χ1n) is 7.54. The Hall–Kier alpha value is -1.000. The number of rotatable bonds is 7. The van der Waals surface area contributed by atoms with Crippen LogP contribution in [0.4, 0.5) is 0 Å². The molecule has 0 spiro atoms. The number of thiophene rings is 1. The van der Waals surface area contributed by atoms with Gasteiger partial charge in [-0.15, -0.1) is 35.3 Å². The van der Waals surface area contributed by atoms with Crippen molar-refractivity contribution in [3.8, 4) is 11.5 Å². The average molecular weight is 540 g/mol. The summed E-state index contributed by atoms with van der Waals surface area (Å²) in [6, 6.07) is 8.08. The molecule has 0 fully saturated rings. The SMILES string of the molecule is CN=C(NCCc1ccc(OC)c(OC)c1)NCc1cc(Br)cs1.I. The highest BCUT2D eigenvalue weighted by molar-refractivity contribution is 14.0. The Morgan fingerprint density at radius 2 is 1.92 bits per heavy atom. The van der Waals surface area contributed by atoms with Gasteiger partial charge in [-0.1, -0.05) is 6.07 Å². The maximum Gasteiger partial charge on any atom is 0.191 e. The second-order valence-corrected chi connectivity index (χ2v) is 6.93. The molecule has 138 valence electrons. The lowest BCUT2D eigenvalue weighted by atomic mass is 10.1. The Labute approximate surface area is 178 Å². The third kappa shape index (κ3) is 7.02. The van der Waals surface area contributed by atoms with Crippen LogP contribution in [0, 0.1) is 0 Å². The normalized spacial score (nSPS) is 10.8. The maximum absolute atomic E-state index is 5.33. The molecule has 8 heteroatoms. The number of halogens is 2. The summed E-state index contributed by atoms with van der Waals surface area (Å²) in [5.74, 6) is 2.29. The van der Waals surface area contributed by atoms with E-state index in [-0.39, 0.29) is 24.0 Å². The lowest BCUT2D eigenvalue weighted by Crippen LogP contribution is -2.37. The highest BCUT2D eigenvalue weighted by Crippen LogP contribution is 2.27. The van der Waals surface area contributed by atoms with Crippen LogP contribution in [0.25, 0.3) is 0 Å². The number of hydrogen-bond acceptors (Lipinski definition) is 4. The number of nitrogens with one attached hydrogen (secondary N) is 2. The highest BCUT2D eigenvalue weighted by atomic mass is 127. The first-order chi connectivity index (χ1) is 11.7. The summed E-state index contributed by atoms with van der Waals surface area (Å²) >= 11 is 5.18. The van der Waals surface area contributed by atoms with Gasteiger partial charge >= 0.3 is 0 Å². The molecular formula is C17H23BrIN3O2S. The van der Waals surface area contributed by atoms with Crippen molar-refractivity contribution >= 4 is 57.2 Å². The lowest BCUT2D eigenvalue weighted by Gasteiger charge is -2.12. The van der Waals surface area contributed by atoms with Crippen molar-refractivity contribution in [2.75, 3.05) is 27.8 Å². The van der Waals surface area contributed by atoms with E-state index in [4.69, 9.17) is 9.47 Å². The average Bonchev–Trinajstić information content (AvgIpc) is 3.03. The van der Waals surface area contributed by atoms with Crippen LogP contribution in [0.2, 0.25) is 0 Å². The van der Waals surface area contributed by atoms with Gasteiger partial charge in [0, 0.05) is 28.3 Å². The summed E-state index contributed by atoms with van der Waals surface area (Å²) in [6.45, 7) is 1.54. The minimum atomic E-state index is 0. The minimum Gasteiger partial charge on any atom is -0.493 e. The van der Waals surface area contributed by atoms with Gasteiger partial charge in [0.15, 0.2) is 17.5 Å². The lowest BCUT2D eigenvalue weighted by molar-refractivity contribution is 0.354. The molecule has 0 aliphatic rings. The van der Waals surface area contributed by atoms with Crippen molar-refractivity contribution in [2.45, 2.75) is 13.0 Å². The summed E-state index contributed by atoms with van der Waals surface area (Å²) in [7, 11) is 5.06. The van der Waals surface area contributed by atoms with Crippen LogP contribution < -0.4 is 20.1 Å². The van der Waals surface area contributed by atoms with E-state index >= 15 is 0 Å². The van der Waals surface area contributed by atoms with Crippen LogP contribution in [0.5, 0.6) is 11.5 Å². The molecule has 0 saturated carbocycles. The highest BCUT2D eigenvalue weighted by Gasteiger charge is 2.05. The summed E-state index contributed by atoms with van der Waals surface area (Å²) < 4.78 is 11.7. The predicted octanol–water partition coefficient (Wildman–Crippen LogP) is 4.05. The van der Waals surface area contributed by atoms with E-state index in [1.165, 1.54) is 10.4 Å². The van der Waals surface area contributed by atoms with Gasteiger partial charge in [-0.25, -0.2) is 0 Å². The standard InChI is InChI=1S/C17H22BrN3O2S.HI/c1-19-17(21-10-14-9-13(18)11-24-14)20-7-6-12-4-5-15(22-2)16(8-12)23-3;/h4-5,8-9,11H,6-7,10H2,1-3H3,(H2,19,20,21);1H. The van der Waals surface area contributed by atoms with Crippen molar-refractivity contribution in [2.24, 2.45) is 4.99 Å². The van der Waals surface area contributed by atoms with E-state index in [2.05, 4.69) is 43.0 Å². The Morgan fingerprint density at radius 1 is 1.16 bits per heavy atom. The molecule has 0 atom stereocenters. The van der Waals surface area contributed by atoms with Gasteiger partial charge in [-0.2, -0.15) is 0 Å². The fourth-order valence-electron chi connectivity index (χ4n) is 2.20. The Balaban J connectivity index is 0.00000312. The summed E-state index contributed by atoms with van der Waals surface area (Å²) in [4.78, 5) is 5.50. The number of benzene rings is 1. The smallest absolute Gasteiger partial charge is 0.191 e. The zero-order valence-electron chi connectivity index (χ0n) is 14.5. The molecule has 2 aromatic rings. The van der Waals surface area contributed by atoms with Gasteiger partial charge in [-0.05, 0) is 46.1 Å². The van der Waals surface area contributed by atoms with E-state index in [1.54, 1.807) is 32.6 Å². The van der Waals surface area contributed by atoms with E-state index in [0.29, 0.717) is 0 Å². The molecule has 1 aromatic carbocycles. The summed E-state index contributed by atoms with van der Waals surface area (Å²) in [5, 5.41) is 8.70. The molecule has 5 nitrogen and oxygen atoms in total. The van der Waals surface area contributed by atoms with E-state index in [9.17, 15) is 0 Å². The van der Waals surface area contributed by atoms with Gasteiger partial charge in [-0.3, -0.25) is 4.99 Å². The van der Waals surface area contributed by atoms with Gasteiger partial charge in [0.05, 0.1) is 20.8 Å². The Morgan fingerprint density at radius 3 is 2.52 bits per heavy atom. The molecule has 2 rings (SSSR count). The minimum absolute atomic E-state index is 0. The Bertz CT molecular complexity index is 694. The number of guanidine groups is 1. The Kier molecular flexibility index (Phi) is 10.2. The maximum atomic E-state index is 5.33. The van der Waals surface area contributed by atoms with Gasteiger partial charge in [0.1, 0.15) is 0 Å². The second-order valence-electron chi connectivity index (χ2n) is 5.02. The first kappa shape index (κ1) is 22.0. The van der Waals surface area contributed by atoms with Gasteiger partial charge in [0.25, 0.3) is 0 Å². The van der Waals surface area contributed by atoms with E-state index in [0.717, 1.165) is 41.4 Å². The van der Waals surface area contributed by atoms with Crippen LogP contribution in [-0.2, 0) is 13.0 Å². The molecule has 2 N–H and O–H groups in total. The van der Waals surface area contributed by atoms with E-state index in [1.807, 2.05) is 18.2 Å². The van der Waals surface area contributed by atoms with Crippen molar-refractivity contribution in [1.82, 2.24) is 10.6 Å². The van der Waals surface area contributed by atoms with Crippen LogP contribution in [-0.4, -0.2) is 33.8 Å². The van der Waals surface area contributed by atoms with Gasteiger partial charge < -0.3 is 20.1 Å². The number of nitrogens with zero attached hydrogens (tertiary/aromatic N) is 1. The largest absolute Gasteiger partial charge is 0.493 e. The zero-order chi connectivity index (χ0) is 17.4. The van der Waals surface area contributed by atoms with Crippen molar-refractivity contribution in [3.63, 3.8) is 0 Å². The molecular weight excluding hydrogens is 517 g/mol. The summed E-state index contributed by atoms with van der Waals surface area (Å²) in [5.41, 5.74) is 1.18. The number of methoxy groups -OCH3 is 2. The molecule has 25 heavy (non-hydrogen) atoms. The molecule has 0 bridgehead atoms. The van der Waals surface area contributed by atoms with Crippen LogP contribution in [0.15, 0.2) is 39.1 Å². The van der Waals surface area contributed by atoms with Crippen molar-refractivity contribution in [3.05, 3.63) is 44.6 Å². The third-order valence-electron chi connectivity index (χ3n) is 3.43. The third-order valence-corrected chi connectivity index (χ3v) is 5.13. The molecule has 0 unspecified atom stereocenters. The number of hydrogen-bond donors (Lipinski definition) is 2. The molecule has 1 heterocycles. The van der Waals surface area contributed by atoms with Crippen LogP contribution in [0.3, 0.4) is 0 Å². The first-order valence-corrected chi connectivity index (χ1v) is 9.22. The number of ether oxygens (including phenoxy) is 2. The molecule has 0 saturated heterocycles. The molecule has 0 aliphatic heterocycles. The quantitative estimate of drug-likeness (QED) is 0.316. The second kappa shape index (κ2) is 11.6. The fourth-order valence-corrected chi connectivity index (χ4v) is 3.59. The van der Waals surface area contributed by atoms with Crippen LogP contribution >= 0.6 is 51.2 Å². The monoisotopic (exact) mass is 539 g/mol. The molecule has 1 aromatic heterocycles. The molecule has 0 aliphatic carbocycles. The van der Waals surface area contributed by atoms with E-state index < -0.39 is 0 Å². The number of aliphatic imine (C=N–C) groups is 1. The molecule has 0 radical (unpaired) electrons. The van der Waals surface area contributed by atoms with Crippen molar-refractivity contribution < 1.29 is 9.47 Å². The zero-order valence-corrected chi connectivity index (χ0v) is 19.2. The fraction of sp³-hybridized carbons (Fsp3) is 0.353. The summed E-state index contributed by atoms with van der Waals surface area (Å²) in [6.07, 6.45) is 0.867. The van der Waals surface area contributed by atoms with Gasteiger partial charge in [0.2, 0.25) is 0 Å².